The predicted octanol–water partition coefficient (Wildman–Crippen LogP) is 4.00. The van der Waals surface area contributed by atoms with Gasteiger partial charge in [0.2, 0.25) is 6.10 Å². The summed E-state index contributed by atoms with van der Waals surface area (Å²) < 4.78 is 11.3. The maximum absolute atomic E-state index is 12.3. The second kappa shape index (κ2) is 9.80. The van der Waals surface area contributed by atoms with Gasteiger partial charge >= 0.3 is 0 Å². The van der Waals surface area contributed by atoms with Crippen molar-refractivity contribution in [2.75, 3.05) is 18.1 Å². The van der Waals surface area contributed by atoms with Crippen LogP contribution >= 0.6 is 0 Å². The first kappa shape index (κ1) is 20.5. The monoisotopic (exact) mass is 415 g/mol. The molecule has 0 saturated heterocycles. The second-order valence-electron chi connectivity index (χ2n) is 7.19. The summed E-state index contributed by atoms with van der Waals surface area (Å²) in [7, 11) is 0. The molecule has 4 rings (SSSR count). The van der Waals surface area contributed by atoms with Crippen LogP contribution in [0.4, 0.5) is 5.69 Å². The Hall–Kier alpha value is -3.80. The molecule has 3 aromatic rings. The van der Waals surface area contributed by atoms with Gasteiger partial charge in [-0.1, -0.05) is 54.6 Å². The van der Waals surface area contributed by atoms with E-state index >= 15 is 0 Å². The van der Waals surface area contributed by atoms with Gasteiger partial charge in [0.25, 0.3) is 5.91 Å². The molecule has 0 unspecified atom stereocenters. The first-order chi connectivity index (χ1) is 15.2. The Morgan fingerprint density at radius 1 is 1.03 bits per heavy atom. The zero-order valence-electron chi connectivity index (χ0n) is 17.4. The van der Waals surface area contributed by atoms with Gasteiger partial charge in [-0.2, -0.15) is 5.10 Å². The Bertz CT molecular complexity index is 1040. The molecule has 0 fully saturated rings. The Morgan fingerprint density at radius 2 is 1.74 bits per heavy atom. The van der Waals surface area contributed by atoms with E-state index in [-0.39, 0.29) is 12.5 Å². The SMILES string of the molecule is CCN(Cc1ccccc1)c1ccc(/C=N\NC(=O)[C@H]2COc3ccccc3O2)cc1. The third kappa shape index (κ3) is 5.22. The van der Waals surface area contributed by atoms with Crippen LogP contribution in [0.5, 0.6) is 11.5 Å². The topological polar surface area (TPSA) is 63.2 Å². The Kier molecular flexibility index (Phi) is 6.47. The fourth-order valence-corrected chi connectivity index (χ4v) is 3.35. The number of carbonyl (C=O) groups excluding carboxylic acids is 1. The molecule has 1 aliphatic heterocycles. The fourth-order valence-electron chi connectivity index (χ4n) is 3.35. The minimum Gasteiger partial charge on any atom is -0.485 e. The summed E-state index contributed by atoms with van der Waals surface area (Å²) in [6.07, 6.45) is 0.887. The van der Waals surface area contributed by atoms with Crippen LogP contribution in [-0.4, -0.2) is 31.4 Å². The van der Waals surface area contributed by atoms with Gasteiger partial charge in [-0.25, -0.2) is 5.43 Å². The molecule has 0 aromatic heterocycles. The predicted molar refractivity (Wildman–Crippen MR) is 122 cm³/mol. The number of ether oxygens (including phenoxy) is 2. The van der Waals surface area contributed by atoms with Gasteiger partial charge < -0.3 is 14.4 Å². The van der Waals surface area contributed by atoms with Crippen molar-refractivity contribution in [2.24, 2.45) is 5.10 Å². The van der Waals surface area contributed by atoms with E-state index in [2.05, 4.69) is 58.7 Å². The lowest BCUT2D eigenvalue weighted by Gasteiger charge is -2.24. The van der Waals surface area contributed by atoms with E-state index in [1.54, 1.807) is 12.3 Å². The summed E-state index contributed by atoms with van der Waals surface area (Å²) >= 11 is 0. The van der Waals surface area contributed by atoms with Gasteiger partial charge in [0.15, 0.2) is 11.5 Å². The molecular weight excluding hydrogens is 390 g/mol. The average molecular weight is 415 g/mol. The van der Waals surface area contributed by atoms with Crippen molar-refractivity contribution in [3.63, 3.8) is 0 Å². The highest BCUT2D eigenvalue weighted by molar-refractivity contribution is 5.85. The lowest BCUT2D eigenvalue weighted by Crippen LogP contribution is -2.42. The maximum Gasteiger partial charge on any atom is 0.284 e. The van der Waals surface area contributed by atoms with E-state index in [9.17, 15) is 4.79 Å². The number of fused-ring (bicyclic) bond motifs is 1. The number of hydrazone groups is 1. The largest absolute Gasteiger partial charge is 0.485 e. The quantitative estimate of drug-likeness (QED) is 0.468. The standard InChI is InChI=1S/C25H25N3O3/c1-2-28(17-20-8-4-3-5-9-20)21-14-12-19(13-15-21)16-26-27-25(29)24-18-30-22-10-6-7-11-23(22)31-24/h3-16,24H,2,17-18H2,1H3,(H,27,29)/b26-16-/t24-/m1/s1. The van der Waals surface area contributed by atoms with Crippen molar-refractivity contribution in [3.8, 4) is 11.5 Å². The molecule has 1 aliphatic rings. The zero-order chi connectivity index (χ0) is 21.5. The molecule has 1 atom stereocenters. The van der Waals surface area contributed by atoms with Gasteiger partial charge in [-0.3, -0.25) is 4.79 Å². The summed E-state index contributed by atoms with van der Waals surface area (Å²) in [6, 6.07) is 25.8. The molecular formula is C25H25N3O3. The van der Waals surface area contributed by atoms with E-state index in [0.717, 1.165) is 24.3 Å². The first-order valence-electron chi connectivity index (χ1n) is 10.3. The van der Waals surface area contributed by atoms with Crippen LogP contribution in [0, 0.1) is 0 Å². The van der Waals surface area contributed by atoms with E-state index in [1.165, 1.54) is 5.56 Å². The summed E-state index contributed by atoms with van der Waals surface area (Å²) in [5, 5.41) is 4.06. The molecule has 1 N–H and O–H groups in total. The zero-order valence-corrected chi connectivity index (χ0v) is 17.4. The molecule has 0 saturated carbocycles. The molecule has 158 valence electrons. The van der Waals surface area contributed by atoms with Crippen molar-refractivity contribution < 1.29 is 14.3 Å². The number of carbonyl (C=O) groups is 1. The van der Waals surface area contributed by atoms with Crippen molar-refractivity contribution in [1.29, 1.82) is 0 Å². The van der Waals surface area contributed by atoms with Gasteiger partial charge in [0, 0.05) is 18.8 Å². The van der Waals surface area contributed by atoms with E-state index in [4.69, 9.17) is 9.47 Å². The van der Waals surface area contributed by atoms with Crippen LogP contribution in [0.25, 0.3) is 0 Å². The van der Waals surface area contributed by atoms with Gasteiger partial charge in [-0.05, 0) is 42.3 Å². The van der Waals surface area contributed by atoms with E-state index in [1.807, 2.05) is 36.4 Å². The molecule has 6 heteroatoms. The summed E-state index contributed by atoms with van der Waals surface area (Å²) in [4.78, 5) is 14.6. The minimum atomic E-state index is -0.731. The normalized spacial score (nSPS) is 14.9. The average Bonchev–Trinajstić information content (AvgIpc) is 2.83. The Labute approximate surface area is 182 Å². The first-order valence-corrected chi connectivity index (χ1v) is 10.3. The summed E-state index contributed by atoms with van der Waals surface area (Å²) in [5.74, 6) is 0.857. The van der Waals surface area contributed by atoms with Crippen molar-refractivity contribution >= 4 is 17.8 Å². The third-order valence-corrected chi connectivity index (χ3v) is 5.05. The van der Waals surface area contributed by atoms with Crippen molar-refractivity contribution in [2.45, 2.75) is 19.6 Å². The number of rotatable bonds is 7. The molecule has 0 aliphatic carbocycles. The van der Waals surface area contributed by atoms with Crippen molar-refractivity contribution in [1.82, 2.24) is 5.43 Å². The van der Waals surface area contributed by atoms with Crippen LogP contribution < -0.4 is 19.8 Å². The Morgan fingerprint density at radius 3 is 2.48 bits per heavy atom. The number of benzene rings is 3. The van der Waals surface area contributed by atoms with Crippen LogP contribution in [-0.2, 0) is 11.3 Å². The molecule has 1 heterocycles. The van der Waals surface area contributed by atoms with Crippen molar-refractivity contribution in [3.05, 3.63) is 90.0 Å². The highest BCUT2D eigenvalue weighted by Crippen LogP contribution is 2.30. The molecule has 0 radical (unpaired) electrons. The number of hydrogen-bond donors (Lipinski definition) is 1. The van der Waals surface area contributed by atoms with Gasteiger partial charge in [0.1, 0.15) is 6.61 Å². The molecule has 0 spiro atoms. The number of amides is 1. The van der Waals surface area contributed by atoms with E-state index in [0.29, 0.717) is 11.5 Å². The molecule has 31 heavy (non-hydrogen) atoms. The highest BCUT2D eigenvalue weighted by atomic mass is 16.6. The molecule has 3 aromatic carbocycles. The lowest BCUT2D eigenvalue weighted by molar-refractivity contribution is -0.130. The highest BCUT2D eigenvalue weighted by Gasteiger charge is 2.26. The lowest BCUT2D eigenvalue weighted by atomic mass is 10.1. The van der Waals surface area contributed by atoms with Crippen LogP contribution in [0.2, 0.25) is 0 Å². The summed E-state index contributed by atoms with van der Waals surface area (Å²) in [5.41, 5.74) is 5.83. The number of para-hydroxylation sites is 2. The van der Waals surface area contributed by atoms with E-state index < -0.39 is 6.10 Å². The van der Waals surface area contributed by atoms with Crippen LogP contribution in [0.3, 0.4) is 0 Å². The number of nitrogens with one attached hydrogen (secondary N) is 1. The molecule has 1 amide bonds. The molecule has 6 nitrogen and oxygen atoms in total. The summed E-state index contributed by atoms with van der Waals surface area (Å²) in [6.45, 7) is 4.06. The Balaban J connectivity index is 1.32. The van der Waals surface area contributed by atoms with Gasteiger partial charge in [-0.15, -0.1) is 0 Å². The molecule has 0 bridgehead atoms. The maximum atomic E-state index is 12.3. The number of anilines is 1. The van der Waals surface area contributed by atoms with Crippen LogP contribution in [0.1, 0.15) is 18.1 Å². The number of hydrogen-bond acceptors (Lipinski definition) is 5. The third-order valence-electron chi connectivity index (χ3n) is 5.05. The van der Waals surface area contributed by atoms with Crippen LogP contribution in [0.15, 0.2) is 84.0 Å². The second-order valence-corrected chi connectivity index (χ2v) is 7.19. The minimum absolute atomic E-state index is 0.154. The number of nitrogens with zero attached hydrogens (tertiary/aromatic N) is 2. The fraction of sp³-hybridized carbons (Fsp3) is 0.200. The van der Waals surface area contributed by atoms with Gasteiger partial charge in [0.05, 0.1) is 6.21 Å². The smallest absolute Gasteiger partial charge is 0.284 e.